The highest BCUT2D eigenvalue weighted by Crippen LogP contribution is 2.09. The Morgan fingerprint density at radius 1 is 0.800 bits per heavy atom. The van der Waals surface area contributed by atoms with Crippen LogP contribution in [-0.2, 0) is 18.0 Å². The SMILES string of the molecule is CCCCCCCCCCOCc1ccc(CO)cc1. The Bertz CT molecular complexity index is 319. The molecule has 0 aliphatic heterocycles. The standard InChI is InChI=1S/C18H30O2/c1-2-3-4-5-6-7-8-9-14-20-16-18-12-10-17(15-19)11-13-18/h10-13,19H,2-9,14-16H2,1H3. The van der Waals surface area contributed by atoms with Crippen LogP contribution in [0.4, 0.5) is 0 Å². The first-order chi connectivity index (χ1) is 9.86. The molecule has 0 aromatic heterocycles. The molecule has 0 fully saturated rings. The summed E-state index contributed by atoms with van der Waals surface area (Å²) in [4.78, 5) is 0. The van der Waals surface area contributed by atoms with Gasteiger partial charge in [0.2, 0.25) is 0 Å². The topological polar surface area (TPSA) is 29.5 Å². The molecule has 2 nitrogen and oxygen atoms in total. The fourth-order valence-electron chi connectivity index (χ4n) is 2.27. The van der Waals surface area contributed by atoms with E-state index >= 15 is 0 Å². The third kappa shape index (κ3) is 8.34. The lowest BCUT2D eigenvalue weighted by Crippen LogP contribution is -1.96. The van der Waals surface area contributed by atoms with Crippen molar-refractivity contribution in [3.8, 4) is 0 Å². The van der Waals surface area contributed by atoms with Gasteiger partial charge in [-0.05, 0) is 17.5 Å². The number of ether oxygens (including phenoxy) is 1. The summed E-state index contributed by atoms with van der Waals surface area (Å²) in [5.41, 5.74) is 2.14. The van der Waals surface area contributed by atoms with Crippen molar-refractivity contribution in [2.45, 2.75) is 71.5 Å². The molecule has 114 valence electrons. The van der Waals surface area contributed by atoms with E-state index in [1.54, 1.807) is 0 Å². The van der Waals surface area contributed by atoms with E-state index in [9.17, 15) is 0 Å². The lowest BCUT2D eigenvalue weighted by molar-refractivity contribution is 0.116. The van der Waals surface area contributed by atoms with Crippen LogP contribution in [0.3, 0.4) is 0 Å². The number of unbranched alkanes of at least 4 members (excludes halogenated alkanes) is 7. The van der Waals surface area contributed by atoms with Crippen molar-refractivity contribution < 1.29 is 9.84 Å². The van der Waals surface area contributed by atoms with Crippen molar-refractivity contribution in [3.05, 3.63) is 35.4 Å². The Hall–Kier alpha value is -0.860. The van der Waals surface area contributed by atoms with Crippen molar-refractivity contribution in [3.63, 3.8) is 0 Å². The number of aliphatic hydroxyl groups excluding tert-OH is 1. The highest BCUT2D eigenvalue weighted by molar-refractivity contribution is 5.21. The highest BCUT2D eigenvalue weighted by atomic mass is 16.5. The van der Waals surface area contributed by atoms with Gasteiger partial charge in [-0.3, -0.25) is 0 Å². The fourth-order valence-corrected chi connectivity index (χ4v) is 2.27. The summed E-state index contributed by atoms with van der Waals surface area (Å²) in [7, 11) is 0. The zero-order valence-electron chi connectivity index (χ0n) is 12.9. The summed E-state index contributed by atoms with van der Waals surface area (Å²) in [6.45, 7) is 3.91. The molecule has 0 aliphatic carbocycles. The van der Waals surface area contributed by atoms with E-state index in [-0.39, 0.29) is 6.61 Å². The molecule has 20 heavy (non-hydrogen) atoms. The van der Waals surface area contributed by atoms with Crippen LogP contribution in [0.15, 0.2) is 24.3 Å². The first-order valence-corrected chi connectivity index (χ1v) is 8.13. The molecule has 1 rings (SSSR count). The zero-order chi connectivity index (χ0) is 14.5. The molecule has 2 heteroatoms. The average Bonchev–Trinajstić information content (AvgIpc) is 2.50. The largest absolute Gasteiger partial charge is 0.392 e. The monoisotopic (exact) mass is 278 g/mol. The van der Waals surface area contributed by atoms with E-state index in [4.69, 9.17) is 9.84 Å². The van der Waals surface area contributed by atoms with Gasteiger partial charge < -0.3 is 9.84 Å². The molecule has 1 aromatic rings. The van der Waals surface area contributed by atoms with Crippen molar-refractivity contribution >= 4 is 0 Å². The molecular weight excluding hydrogens is 248 g/mol. The molecule has 0 bridgehead atoms. The Kier molecular flexibility index (Phi) is 10.3. The van der Waals surface area contributed by atoms with Gasteiger partial charge in [0.25, 0.3) is 0 Å². The van der Waals surface area contributed by atoms with Crippen LogP contribution in [0.5, 0.6) is 0 Å². The normalized spacial score (nSPS) is 10.9. The third-order valence-corrected chi connectivity index (χ3v) is 3.62. The van der Waals surface area contributed by atoms with Gasteiger partial charge in [0.05, 0.1) is 13.2 Å². The molecule has 0 saturated carbocycles. The van der Waals surface area contributed by atoms with Gasteiger partial charge in [-0.2, -0.15) is 0 Å². The van der Waals surface area contributed by atoms with E-state index in [2.05, 4.69) is 6.92 Å². The molecule has 1 aromatic carbocycles. The Balaban J connectivity index is 1.91. The van der Waals surface area contributed by atoms with Crippen LogP contribution in [0.25, 0.3) is 0 Å². The maximum absolute atomic E-state index is 8.96. The predicted octanol–water partition coefficient (Wildman–Crippen LogP) is 4.84. The van der Waals surface area contributed by atoms with Crippen LogP contribution in [0.2, 0.25) is 0 Å². The maximum atomic E-state index is 8.96. The lowest BCUT2D eigenvalue weighted by Gasteiger charge is -2.05. The van der Waals surface area contributed by atoms with Crippen LogP contribution < -0.4 is 0 Å². The summed E-state index contributed by atoms with van der Waals surface area (Å²) in [5.74, 6) is 0. The number of hydrogen-bond acceptors (Lipinski definition) is 2. The highest BCUT2D eigenvalue weighted by Gasteiger charge is 1.95. The van der Waals surface area contributed by atoms with E-state index in [0.29, 0.717) is 6.61 Å². The second-order valence-electron chi connectivity index (χ2n) is 5.50. The summed E-state index contributed by atoms with van der Waals surface area (Å²) >= 11 is 0. The number of rotatable bonds is 12. The molecule has 1 N–H and O–H groups in total. The Morgan fingerprint density at radius 2 is 1.35 bits per heavy atom. The van der Waals surface area contributed by atoms with Crippen molar-refractivity contribution in [1.29, 1.82) is 0 Å². The van der Waals surface area contributed by atoms with Crippen LogP contribution in [0, 0.1) is 0 Å². The van der Waals surface area contributed by atoms with Gasteiger partial charge in [0.15, 0.2) is 0 Å². The maximum Gasteiger partial charge on any atom is 0.0716 e. The Morgan fingerprint density at radius 3 is 1.95 bits per heavy atom. The first-order valence-electron chi connectivity index (χ1n) is 8.13. The third-order valence-electron chi connectivity index (χ3n) is 3.62. The van der Waals surface area contributed by atoms with Crippen molar-refractivity contribution in [1.82, 2.24) is 0 Å². The molecule has 0 saturated heterocycles. The van der Waals surface area contributed by atoms with Crippen LogP contribution in [-0.4, -0.2) is 11.7 Å². The number of hydrogen-bond donors (Lipinski definition) is 1. The van der Waals surface area contributed by atoms with Gasteiger partial charge in [-0.25, -0.2) is 0 Å². The smallest absolute Gasteiger partial charge is 0.0716 e. The van der Waals surface area contributed by atoms with Crippen molar-refractivity contribution in [2.75, 3.05) is 6.61 Å². The van der Waals surface area contributed by atoms with Gasteiger partial charge in [-0.1, -0.05) is 76.1 Å². The van der Waals surface area contributed by atoms with Gasteiger partial charge in [0.1, 0.15) is 0 Å². The Labute approximate surface area is 124 Å². The second kappa shape index (κ2) is 11.9. The lowest BCUT2D eigenvalue weighted by atomic mass is 10.1. The minimum absolute atomic E-state index is 0.111. The van der Waals surface area contributed by atoms with E-state index in [1.807, 2.05) is 24.3 Å². The van der Waals surface area contributed by atoms with Crippen LogP contribution >= 0.6 is 0 Å². The minimum atomic E-state index is 0.111. The summed E-state index contributed by atoms with van der Waals surface area (Å²) in [6.07, 6.45) is 10.7. The van der Waals surface area contributed by atoms with Crippen molar-refractivity contribution in [2.24, 2.45) is 0 Å². The fraction of sp³-hybridized carbons (Fsp3) is 0.667. The minimum Gasteiger partial charge on any atom is -0.392 e. The van der Waals surface area contributed by atoms with Crippen LogP contribution in [0.1, 0.15) is 69.4 Å². The number of benzene rings is 1. The first kappa shape index (κ1) is 17.2. The van der Waals surface area contributed by atoms with E-state index in [0.717, 1.165) is 12.2 Å². The second-order valence-corrected chi connectivity index (χ2v) is 5.50. The molecule has 0 heterocycles. The summed E-state index contributed by atoms with van der Waals surface area (Å²) in [5, 5.41) is 8.96. The quantitative estimate of drug-likeness (QED) is 0.555. The molecule has 0 atom stereocenters. The van der Waals surface area contributed by atoms with Gasteiger partial charge in [0, 0.05) is 6.61 Å². The summed E-state index contributed by atoms with van der Waals surface area (Å²) < 4.78 is 5.68. The average molecular weight is 278 g/mol. The molecule has 0 radical (unpaired) electrons. The predicted molar refractivity (Wildman–Crippen MR) is 84.6 cm³/mol. The molecule has 0 spiro atoms. The molecule has 0 amide bonds. The van der Waals surface area contributed by atoms with E-state index < -0.39 is 0 Å². The van der Waals surface area contributed by atoms with Gasteiger partial charge >= 0.3 is 0 Å². The summed E-state index contributed by atoms with van der Waals surface area (Å²) in [6, 6.07) is 7.96. The zero-order valence-corrected chi connectivity index (χ0v) is 12.9. The molecular formula is C18H30O2. The number of aliphatic hydroxyl groups is 1. The van der Waals surface area contributed by atoms with Gasteiger partial charge in [-0.15, -0.1) is 0 Å². The molecule has 0 unspecified atom stereocenters. The van der Waals surface area contributed by atoms with E-state index in [1.165, 1.54) is 56.9 Å². The molecule has 0 aliphatic rings.